The number of hydrogen-bond donors (Lipinski definition) is 3. The molecule has 3 aromatic carbocycles. The van der Waals surface area contributed by atoms with Gasteiger partial charge in [-0.1, -0.05) is 30.3 Å². The summed E-state index contributed by atoms with van der Waals surface area (Å²) in [7, 11) is 0. The van der Waals surface area contributed by atoms with Crippen molar-refractivity contribution < 1.29 is 10.4 Å². The summed E-state index contributed by atoms with van der Waals surface area (Å²) in [6, 6.07) is 22.6. The molecule has 4 rings (SSSR count). The molecule has 1 atom stereocenters. The molecule has 4 aromatic rings. The highest BCUT2D eigenvalue weighted by Gasteiger charge is 2.11. The summed E-state index contributed by atoms with van der Waals surface area (Å²) in [5, 5.41) is 23.6. The number of hydrazone groups is 1. The maximum atomic E-state index is 13.1. The fraction of sp³-hybridized carbons (Fsp3) is 0. The topological polar surface area (TPSA) is 107 Å². The molecule has 0 bridgehead atoms. The van der Waals surface area contributed by atoms with E-state index in [1.807, 2.05) is 36.4 Å². The van der Waals surface area contributed by atoms with Crippen molar-refractivity contribution in [2.24, 2.45) is 5.10 Å². The minimum Gasteiger partial charge on any atom is -0.595 e. The van der Waals surface area contributed by atoms with Gasteiger partial charge in [-0.25, -0.2) is 20.2 Å². The molecule has 0 aliphatic carbocycles. The fourth-order valence-corrected chi connectivity index (χ4v) is 2.90. The molecule has 3 N–H and O–H groups in total. The fourth-order valence-electron chi connectivity index (χ4n) is 2.90. The van der Waals surface area contributed by atoms with Crippen LogP contribution in [-0.4, -0.2) is 21.0 Å². The lowest BCUT2D eigenvalue weighted by atomic mass is 10.2. The zero-order valence-corrected chi connectivity index (χ0v) is 15.2. The average molecular weight is 387 g/mol. The third kappa shape index (κ3) is 3.90. The molecule has 0 aliphatic rings. The van der Waals surface area contributed by atoms with Gasteiger partial charge in [0.05, 0.1) is 22.8 Å². The molecule has 0 saturated heterocycles. The van der Waals surface area contributed by atoms with E-state index in [0.717, 1.165) is 0 Å². The van der Waals surface area contributed by atoms with Gasteiger partial charge in [0.25, 0.3) is 5.56 Å². The number of rotatable bonds is 5. The van der Waals surface area contributed by atoms with Crippen molar-refractivity contribution in [3.63, 3.8) is 0 Å². The van der Waals surface area contributed by atoms with Crippen LogP contribution < -0.4 is 16.2 Å². The van der Waals surface area contributed by atoms with Gasteiger partial charge in [0, 0.05) is 12.1 Å². The van der Waals surface area contributed by atoms with Crippen LogP contribution in [0.1, 0.15) is 5.56 Å². The van der Waals surface area contributed by atoms with Crippen LogP contribution in [0.5, 0.6) is 0 Å². The van der Waals surface area contributed by atoms with Crippen molar-refractivity contribution in [3.05, 3.63) is 100.0 Å². The molecule has 1 unspecified atom stereocenters. The molecule has 0 spiro atoms. The van der Waals surface area contributed by atoms with Gasteiger partial charge < -0.3 is 5.21 Å². The Morgan fingerprint density at radius 1 is 1.00 bits per heavy atom. The van der Waals surface area contributed by atoms with Crippen LogP contribution in [0.25, 0.3) is 16.6 Å². The standard InChI is InChI=1S/C21H17N5O3/c27-20-18-8-4-5-9-19(18)23-21(25(20)16-6-2-1-3-7-16)24-22-14-15-10-12-17(13-11-15)26(28)29/h1-14,26,28H,(H,23,24)/b22-14+. The predicted octanol–water partition coefficient (Wildman–Crippen LogP) is 2.24. The van der Waals surface area contributed by atoms with Crippen molar-refractivity contribution in [2.75, 3.05) is 5.43 Å². The lowest BCUT2D eigenvalue weighted by molar-refractivity contribution is -0.991. The number of anilines is 1. The third-order valence-corrected chi connectivity index (χ3v) is 4.33. The van der Waals surface area contributed by atoms with Crippen LogP contribution in [0.3, 0.4) is 0 Å². The number of nitrogens with one attached hydrogen (secondary N) is 2. The van der Waals surface area contributed by atoms with Crippen molar-refractivity contribution in [3.8, 4) is 5.69 Å². The van der Waals surface area contributed by atoms with Gasteiger partial charge in [-0.15, -0.1) is 0 Å². The van der Waals surface area contributed by atoms with E-state index in [9.17, 15) is 10.0 Å². The Morgan fingerprint density at radius 3 is 2.41 bits per heavy atom. The highest BCUT2D eigenvalue weighted by Crippen LogP contribution is 2.16. The van der Waals surface area contributed by atoms with Crippen LogP contribution in [0.2, 0.25) is 0 Å². The Bertz CT molecular complexity index is 1220. The second kappa shape index (κ2) is 8.03. The number of fused-ring (bicyclic) bond motifs is 1. The summed E-state index contributed by atoms with van der Waals surface area (Å²) in [4.78, 5) is 17.6. The molecule has 1 aromatic heterocycles. The molecule has 0 saturated carbocycles. The first-order valence-corrected chi connectivity index (χ1v) is 8.83. The minimum atomic E-state index is -0.987. The number of hydrogen-bond acceptors (Lipinski definition) is 6. The van der Waals surface area contributed by atoms with Gasteiger partial charge in [0.1, 0.15) is 0 Å². The van der Waals surface area contributed by atoms with Crippen LogP contribution in [0.15, 0.2) is 88.8 Å². The van der Waals surface area contributed by atoms with Crippen molar-refractivity contribution in [1.29, 1.82) is 0 Å². The zero-order chi connectivity index (χ0) is 20.2. The Morgan fingerprint density at radius 2 is 1.69 bits per heavy atom. The van der Waals surface area contributed by atoms with Crippen LogP contribution >= 0.6 is 0 Å². The van der Waals surface area contributed by atoms with Crippen molar-refractivity contribution in [1.82, 2.24) is 9.55 Å². The van der Waals surface area contributed by atoms with Crippen LogP contribution in [0.4, 0.5) is 11.6 Å². The van der Waals surface area contributed by atoms with Crippen LogP contribution in [-0.2, 0) is 0 Å². The molecule has 144 valence electrons. The van der Waals surface area contributed by atoms with E-state index in [-0.39, 0.29) is 17.2 Å². The Hall–Kier alpha value is -3.85. The van der Waals surface area contributed by atoms with E-state index < -0.39 is 5.23 Å². The Labute approximate surface area is 165 Å². The average Bonchev–Trinajstić information content (AvgIpc) is 2.75. The number of benzene rings is 3. The largest absolute Gasteiger partial charge is 0.595 e. The van der Waals surface area contributed by atoms with Crippen molar-refractivity contribution in [2.45, 2.75) is 0 Å². The summed E-state index contributed by atoms with van der Waals surface area (Å²) in [5.74, 6) is 0.276. The minimum absolute atomic E-state index is 0.198. The molecule has 1 heterocycles. The highest BCUT2D eigenvalue weighted by atomic mass is 16.8. The molecule has 0 aliphatic heterocycles. The van der Waals surface area contributed by atoms with E-state index in [0.29, 0.717) is 22.2 Å². The SMILES string of the molecule is O=c1c2ccccc2nc(N/N=C/c2ccc([NH+]([O-])O)cc2)n1-c1ccccc1. The smallest absolute Gasteiger partial charge is 0.267 e. The first-order valence-electron chi connectivity index (χ1n) is 8.83. The molecular weight excluding hydrogens is 370 g/mol. The van der Waals surface area contributed by atoms with Gasteiger partial charge in [-0.05, 0) is 42.0 Å². The van der Waals surface area contributed by atoms with E-state index in [2.05, 4.69) is 15.5 Å². The van der Waals surface area contributed by atoms with Gasteiger partial charge in [0.2, 0.25) is 5.95 Å². The quantitative estimate of drug-likeness (QED) is 0.360. The molecule has 29 heavy (non-hydrogen) atoms. The summed E-state index contributed by atoms with van der Waals surface area (Å²) >= 11 is 0. The van der Waals surface area contributed by atoms with Crippen LogP contribution in [0, 0.1) is 5.21 Å². The lowest BCUT2D eigenvalue weighted by Crippen LogP contribution is -2.99. The normalized spacial score (nSPS) is 12.3. The van der Waals surface area contributed by atoms with Gasteiger partial charge in [-0.3, -0.25) is 4.79 Å². The molecule has 8 nitrogen and oxygen atoms in total. The van der Waals surface area contributed by atoms with Gasteiger partial charge in [-0.2, -0.15) is 10.3 Å². The maximum absolute atomic E-state index is 13.1. The zero-order valence-electron chi connectivity index (χ0n) is 15.2. The Kier molecular flexibility index (Phi) is 5.12. The van der Waals surface area contributed by atoms with Crippen molar-refractivity contribution >= 4 is 28.8 Å². The second-order valence-electron chi connectivity index (χ2n) is 6.23. The summed E-state index contributed by atoms with van der Waals surface area (Å²) in [6.07, 6.45) is 1.53. The second-order valence-corrected chi connectivity index (χ2v) is 6.23. The third-order valence-electron chi connectivity index (χ3n) is 4.33. The number of aromatic nitrogens is 2. The van der Waals surface area contributed by atoms with E-state index >= 15 is 0 Å². The Balaban J connectivity index is 1.72. The predicted molar refractivity (Wildman–Crippen MR) is 111 cm³/mol. The lowest BCUT2D eigenvalue weighted by Gasteiger charge is -2.12. The summed E-state index contributed by atoms with van der Waals surface area (Å²) < 4.78 is 1.47. The van der Waals surface area contributed by atoms with E-state index in [4.69, 9.17) is 5.21 Å². The number of quaternary nitrogens is 1. The van der Waals surface area contributed by atoms with E-state index in [1.165, 1.54) is 22.9 Å². The van der Waals surface area contributed by atoms with Gasteiger partial charge >= 0.3 is 0 Å². The number of para-hydroxylation sites is 2. The maximum Gasteiger partial charge on any atom is 0.267 e. The summed E-state index contributed by atoms with van der Waals surface area (Å²) in [5.41, 5.74) is 4.77. The molecule has 0 fully saturated rings. The molecule has 8 heteroatoms. The first-order chi connectivity index (χ1) is 14.1. The molecule has 0 radical (unpaired) electrons. The van der Waals surface area contributed by atoms with Gasteiger partial charge in [0.15, 0.2) is 5.69 Å². The van der Waals surface area contributed by atoms with E-state index in [1.54, 1.807) is 30.3 Å². The molecule has 0 amide bonds. The highest BCUT2D eigenvalue weighted by molar-refractivity contribution is 5.81. The molecular formula is C21H17N5O3. The first kappa shape index (κ1) is 18.5. The summed E-state index contributed by atoms with van der Waals surface area (Å²) in [6.45, 7) is 0. The number of nitrogens with zero attached hydrogens (tertiary/aromatic N) is 3. The monoisotopic (exact) mass is 387 g/mol.